The Morgan fingerprint density at radius 3 is 2.54 bits per heavy atom. The maximum absolute atomic E-state index is 11.0. The van der Waals surface area contributed by atoms with Crippen LogP contribution in [0.3, 0.4) is 0 Å². The number of hydrogen-bond donors (Lipinski definition) is 1. The number of carbonyl (C=O) groups excluding carboxylic acids is 3. The monoisotopic (exact) mass is 183 g/mol. The van der Waals surface area contributed by atoms with E-state index in [-0.39, 0.29) is 24.5 Å². The molecule has 0 heterocycles. The fraction of sp³-hybridized carbons (Fsp3) is 0.444. The van der Waals surface area contributed by atoms with Crippen LogP contribution in [0.4, 0.5) is 0 Å². The molecule has 72 valence electrons. The van der Waals surface area contributed by atoms with Crippen molar-refractivity contribution in [3.63, 3.8) is 0 Å². The SMILES string of the molecule is C=CC(NC(=O)CCC=O)C(C)=O. The zero-order valence-corrected chi connectivity index (χ0v) is 7.58. The van der Waals surface area contributed by atoms with Crippen LogP contribution in [0.2, 0.25) is 0 Å². The van der Waals surface area contributed by atoms with Gasteiger partial charge in [0.25, 0.3) is 0 Å². The number of carbonyl (C=O) groups is 3. The molecule has 0 saturated carbocycles. The van der Waals surface area contributed by atoms with Gasteiger partial charge >= 0.3 is 0 Å². The maximum atomic E-state index is 11.0. The Labute approximate surface area is 77.0 Å². The normalized spacial score (nSPS) is 11.5. The van der Waals surface area contributed by atoms with Crippen molar-refractivity contribution in [1.82, 2.24) is 5.32 Å². The molecule has 1 amide bonds. The van der Waals surface area contributed by atoms with Gasteiger partial charge in [-0.15, -0.1) is 6.58 Å². The molecule has 0 aliphatic heterocycles. The Kier molecular flexibility index (Phi) is 5.43. The summed E-state index contributed by atoms with van der Waals surface area (Å²) < 4.78 is 0. The molecule has 0 rings (SSSR count). The maximum Gasteiger partial charge on any atom is 0.221 e. The van der Waals surface area contributed by atoms with Gasteiger partial charge < -0.3 is 10.1 Å². The van der Waals surface area contributed by atoms with E-state index in [1.807, 2.05) is 0 Å². The highest BCUT2D eigenvalue weighted by Gasteiger charge is 2.11. The molecule has 0 aromatic heterocycles. The minimum absolute atomic E-state index is 0.112. The van der Waals surface area contributed by atoms with Gasteiger partial charge in [0.2, 0.25) is 5.91 Å². The van der Waals surface area contributed by atoms with E-state index in [0.717, 1.165) is 0 Å². The summed E-state index contributed by atoms with van der Waals surface area (Å²) in [5.41, 5.74) is 0. The summed E-state index contributed by atoms with van der Waals surface area (Å²) >= 11 is 0. The average molecular weight is 183 g/mol. The average Bonchev–Trinajstić information content (AvgIpc) is 2.10. The fourth-order valence-corrected chi connectivity index (χ4v) is 0.762. The Hall–Kier alpha value is -1.45. The lowest BCUT2D eigenvalue weighted by molar-refractivity contribution is -0.126. The van der Waals surface area contributed by atoms with E-state index >= 15 is 0 Å². The van der Waals surface area contributed by atoms with Crippen LogP contribution in [0, 0.1) is 0 Å². The van der Waals surface area contributed by atoms with E-state index in [1.54, 1.807) is 0 Å². The first-order valence-corrected chi connectivity index (χ1v) is 3.97. The highest BCUT2D eigenvalue weighted by Crippen LogP contribution is 1.91. The number of amides is 1. The summed E-state index contributed by atoms with van der Waals surface area (Å²) in [6, 6.07) is -0.640. The van der Waals surface area contributed by atoms with E-state index in [1.165, 1.54) is 13.0 Å². The summed E-state index contributed by atoms with van der Waals surface area (Å²) in [6.07, 6.45) is 2.31. The first kappa shape index (κ1) is 11.6. The molecule has 0 radical (unpaired) electrons. The van der Waals surface area contributed by atoms with Gasteiger partial charge in [0, 0.05) is 12.8 Å². The van der Waals surface area contributed by atoms with Gasteiger partial charge in [-0.05, 0) is 6.92 Å². The summed E-state index contributed by atoms with van der Waals surface area (Å²) in [5, 5.41) is 2.44. The molecule has 1 N–H and O–H groups in total. The van der Waals surface area contributed by atoms with Crippen molar-refractivity contribution in [3.05, 3.63) is 12.7 Å². The molecular formula is C9H13NO3. The van der Waals surface area contributed by atoms with Crippen LogP contribution in [-0.4, -0.2) is 24.0 Å². The molecule has 0 aliphatic rings. The van der Waals surface area contributed by atoms with E-state index in [2.05, 4.69) is 11.9 Å². The molecular weight excluding hydrogens is 170 g/mol. The van der Waals surface area contributed by atoms with Crippen LogP contribution in [-0.2, 0) is 14.4 Å². The summed E-state index contributed by atoms with van der Waals surface area (Å²) in [7, 11) is 0. The van der Waals surface area contributed by atoms with Gasteiger partial charge in [-0.1, -0.05) is 6.08 Å². The second kappa shape index (κ2) is 6.11. The number of aldehydes is 1. The third-order valence-electron chi connectivity index (χ3n) is 1.48. The van der Waals surface area contributed by atoms with Gasteiger partial charge in [-0.25, -0.2) is 0 Å². The van der Waals surface area contributed by atoms with Gasteiger partial charge in [-0.3, -0.25) is 9.59 Å². The molecule has 4 nitrogen and oxygen atoms in total. The zero-order valence-electron chi connectivity index (χ0n) is 7.58. The van der Waals surface area contributed by atoms with Crippen molar-refractivity contribution < 1.29 is 14.4 Å². The molecule has 0 fully saturated rings. The number of ketones is 1. The summed E-state index contributed by atoms with van der Waals surface area (Å²) in [6.45, 7) is 4.78. The van der Waals surface area contributed by atoms with E-state index < -0.39 is 6.04 Å². The lowest BCUT2D eigenvalue weighted by Gasteiger charge is -2.10. The van der Waals surface area contributed by atoms with Crippen LogP contribution >= 0.6 is 0 Å². The number of rotatable bonds is 6. The largest absolute Gasteiger partial charge is 0.343 e. The fourth-order valence-electron chi connectivity index (χ4n) is 0.762. The Bertz CT molecular complexity index is 223. The van der Waals surface area contributed by atoms with Gasteiger partial charge in [0.1, 0.15) is 12.3 Å². The standard InChI is InChI=1S/C9H13NO3/c1-3-8(7(2)12)10-9(13)5-4-6-11/h3,6,8H,1,4-5H2,2H3,(H,10,13). The molecule has 0 bridgehead atoms. The van der Waals surface area contributed by atoms with E-state index in [0.29, 0.717) is 6.29 Å². The topological polar surface area (TPSA) is 63.2 Å². The third kappa shape index (κ3) is 4.90. The molecule has 0 spiro atoms. The van der Waals surface area contributed by atoms with Crippen LogP contribution in [0.25, 0.3) is 0 Å². The van der Waals surface area contributed by atoms with Crippen molar-refractivity contribution >= 4 is 18.0 Å². The number of hydrogen-bond acceptors (Lipinski definition) is 3. The third-order valence-corrected chi connectivity index (χ3v) is 1.48. The highest BCUT2D eigenvalue weighted by molar-refractivity contribution is 5.89. The van der Waals surface area contributed by atoms with Crippen LogP contribution in [0.1, 0.15) is 19.8 Å². The van der Waals surface area contributed by atoms with Gasteiger partial charge in [0.15, 0.2) is 5.78 Å². The van der Waals surface area contributed by atoms with Crippen molar-refractivity contribution in [3.8, 4) is 0 Å². The van der Waals surface area contributed by atoms with Crippen LogP contribution in [0.5, 0.6) is 0 Å². The van der Waals surface area contributed by atoms with Crippen molar-refractivity contribution in [2.24, 2.45) is 0 Å². The van der Waals surface area contributed by atoms with Crippen molar-refractivity contribution in [1.29, 1.82) is 0 Å². The lowest BCUT2D eigenvalue weighted by Crippen LogP contribution is -2.37. The Morgan fingerprint density at radius 1 is 1.54 bits per heavy atom. The van der Waals surface area contributed by atoms with Gasteiger partial charge in [0.05, 0.1) is 0 Å². The molecule has 13 heavy (non-hydrogen) atoms. The number of Topliss-reactive ketones (excluding diaryl/α,β-unsaturated/α-hetero) is 1. The summed E-state index contributed by atoms with van der Waals surface area (Å²) in [5.74, 6) is -0.485. The van der Waals surface area contributed by atoms with Crippen molar-refractivity contribution in [2.45, 2.75) is 25.8 Å². The minimum atomic E-state index is -0.640. The Morgan fingerprint density at radius 2 is 2.15 bits per heavy atom. The van der Waals surface area contributed by atoms with Gasteiger partial charge in [-0.2, -0.15) is 0 Å². The molecule has 0 aromatic carbocycles. The highest BCUT2D eigenvalue weighted by atomic mass is 16.2. The predicted molar refractivity (Wildman–Crippen MR) is 48.1 cm³/mol. The predicted octanol–water partition coefficient (Wildman–Crippen LogP) is 0.225. The first-order chi connectivity index (χ1) is 6.11. The second-order valence-electron chi connectivity index (χ2n) is 2.60. The second-order valence-corrected chi connectivity index (χ2v) is 2.60. The molecule has 0 aromatic rings. The Balaban J connectivity index is 3.93. The smallest absolute Gasteiger partial charge is 0.221 e. The zero-order chi connectivity index (χ0) is 10.3. The first-order valence-electron chi connectivity index (χ1n) is 3.97. The van der Waals surface area contributed by atoms with E-state index in [4.69, 9.17) is 0 Å². The van der Waals surface area contributed by atoms with Crippen molar-refractivity contribution in [2.75, 3.05) is 0 Å². The van der Waals surface area contributed by atoms with Crippen LogP contribution in [0.15, 0.2) is 12.7 Å². The molecule has 1 atom stereocenters. The minimum Gasteiger partial charge on any atom is -0.343 e. The van der Waals surface area contributed by atoms with E-state index in [9.17, 15) is 14.4 Å². The molecule has 1 unspecified atom stereocenters. The quantitative estimate of drug-likeness (QED) is 0.473. The lowest BCUT2D eigenvalue weighted by atomic mass is 10.2. The molecule has 0 aliphatic carbocycles. The molecule has 4 heteroatoms. The number of nitrogens with one attached hydrogen (secondary N) is 1. The summed E-state index contributed by atoms with van der Waals surface area (Å²) in [4.78, 5) is 31.8. The van der Waals surface area contributed by atoms with Crippen LogP contribution < -0.4 is 5.32 Å². The molecule has 0 saturated heterocycles.